The normalized spacial score (nSPS) is 27.8. The van der Waals surface area contributed by atoms with Gasteiger partial charge in [-0.25, -0.2) is 0 Å². The summed E-state index contributed by atoms with van der Waals surface area (Å²) in [6.07, 6.45) is 5.69. The number of nitrogens with one attached hydrogen (secondary N) is 1. The molecule has 0 heterocycles. The number of hydrogen-bond acceptors (Lipinski definition) is 2. The van der Waals surface area contributed by atoms with Crippen molar-refractivity contribution < 1.29 is 0 Å². The molecule has 0 aromatic heterocycles. The maximum Gasteiger partial charge on any atom is 0.124 e. The van der Waals surface area contributed by atoms with E-state index in [4.69, 9.17) is 11.1 Å². The van der Waals surface area contributed by atoms with Crippen LogP contribution in [0.4, 0.5) is 5.69 Å². The highest BCUT2D eigenvalue weighted by Gasteiger charge is 2.39. The highest BCUT2D eigenvalue weighted by Crippen LogP contribution is 2.48. The molecule has 2 aliphatic carbocycles. The van der Waals surface area contributed by atoms with Gasteiger partial charge in [0.2, 0.25) is 0 Å². The van der Waals surface area contributed by atoms with Crippen molar-refractivity contribution in [3.63, 3.8) is 0 Å². The molecule has 3 atom stereocenters. The van der Waals surface area contributed by atoms with Crippen molar-refractivity contribution >= 4 is 27.5 Å². The molecule has 3 N–H and O–H groups in total. The fourth-order valence-electron chi connectivity index (χ4n) is 4.10. The fraction of sp³-hybridized carbons (Fsp3) is 0.562. The van der Waals surface area contributed by atoms with E-state index in [1.807, 2.05) is 12.1 Å². The average Bonchev–Trinajstić information content (AvgIpc) is 3.00. The maximum atomic E-state index is 7.74. The Morgan fingerprint density at radius 3 is 2.80 bits per heavy atom. The molecule has 0 aliphatic heterocycles. The topological polar surface area (TPSA) is 53.1 Å². The minimum atomic E-state index is 0.146. The SMILES string of the molecule is CN(CC1CC2CCC1C2)c1cc(Br)ccc1C(=N)N. The van der Waals surface area contributed by atoms with Crippen LogP contribution in [0.25, 0.3) is 0 Å². The number of nitrogen functional groups attached to an aromatic ring is 1. The third-order valence-corrected chi connectivity index (χ3v) is 5.55. The van der Waals surface area contributed by atoms with E-state index in [0.717, 1.165) is 40.0 Å². The van der Waals surface area contributed by atoms with Gasteiger partial charge in [-0.2, -0.15) is 0 Å². The Morgan fingerprint density at radius 1 is 1.40 bits per heavy atom. The second-order valence-electron chi connectivity index (χ2n) is 6.39. The lowest BCUT2D eigenvalue weighted by molar-refractivity contribution is 0.337. The fourth-order valence-corrected chi connectivity index (χ4v) is 4.45. The first kappa shape index (κ1) is 13.9. The van der Waals surface area contributed by atoms with E-state index in [-0.39, 0.29) is 5.84 Å². The molecule has 3 unspecified atom stereocenters. The highest BCUT2D eigenvalue weighted by atomic mass is 79.9. The van der Waals surface area contributed by atoms with Crippen molar-refractivity contribution in [3.8, 4) is 0 Å². The van der Waals surface area contributed by atoms with E-state index in [2.05, 4.69) is 33.9 Å². The molecule has 2 aliphatic rings. The molecule has 2 saturated carbocycles. The summed E-state index contributed by atoms with van der Waals surface area (Å²) in [5.41, 5.74) is 7.61. The number of nitrogens with two attached hydrogens (primary N) is 1. The van der Waals surface area contributed by atoms with Crippen molar-refractivity contribution in [1.82, 2.24) is 0 Å². The Kier molecular flexibility index (Phi) is 3.76. The van der Waals surface area contributed by atoms with Crippen molar-refractivity contribution in [1.29, 1.82) is 5.41 Å². The summed E-state index contributed by atoms with van der Waals surface area (Å²) in [4.78, 5) is 2.28. The lowest BCUT2D eigenvalue weighted by Gasteiger charge is -2.30. The number of benzene rings is 1. The van der Waals surface area contributed by atoms with Crippen molar-refractivity contribution in [2.45, 2.75) is 25.7 Å². The zero-order valence-corrected chi connectivity index (χ0v) is 13.5. The van der Waals surface area contributed by atoms with Gasteiger partial charge >= 0.3 is 0 Å². The number of fused-ring (bicyclic) bond motifs is 2. The van der Waals surface area contributed by atoms with Crippen LogP contribution >= 0.6 is 15.9 Å². The third-order valence-electron chi connectivity index (χ3n) is 5.05. The Balaban J connectivity index is 1.78. The third kappa shape index (κ3) is 2.58. The van der Waals surface area contributed by atoms with Crippen LogP contribution in [0.15, 0.2) is 22.7 Å². The van der Waals surface area contributed by atoms with E-state index < -0.39 is 0 Å². The first-order valence-electron chi connectivity index (χ1n) is 7.39. The average molecular weight is 336 g/mol. The Hall–Kier alpha value is -1.03. The first-order chi connectivity index (χ1) is 9.54. The van der Waals surface area contributed by atoms with Crippen molar-refractivity contribution in [2.24, 2.45) is 23.5 Å². The molecule has 1 aromatic rings. The van der Waals surface area contributed by atoms with Crippen molar-refractivity contribution in [3.05, 3.63) is 28.2 Å². The van der Waals surface area contributed by atoms with Gasteiger partial charge in [-0.05, 0) is 55.2 Å². The van der Waals surface area contributed by atoms with E-state index in [1.54, 1.807) is 0 Å². The summed E-state index contributed by atoms with van der Waals surface area (Å²) in [5, 5.41) is 7.74. The lowest BCUT2D eigenvalue weighted by Crippen LogP contribution is -2.30. The summed E-state index contributed by atoms with van der Waals surface area (Å²) >= 11 is 3.52. The van der Waals surface area contributed by atoms with Crippen LogP contribution in [0.2, 0.25) is 0 Å². The Morgan fingerprint density at radius 2 is 2.20 bits per heavy atom. The standard InChI is InChI=1S/C16H22BrN3/c1-20(9-12-7-10-2-3-11(12)6-10)15-8-13(17)4-5-14(15)16(18)19/h4-5,8,10-12H,2-3,6-7,9H2,1H3,(H3,18,19). The number of amidine groups is 1. The number of hydrogen-bond donors (Lipinski definition) is 2. The van der Waals surface area contributed by atoms with Crippen LogP contribution in [-0.4, -0.2) is 19.4 Å². The molecule has 2 bridgehead atoms. The molecule has 0 amide bonds. The quantitative estimate of drug-likeness (QED) is 0.652. The monoisotopic (exact) mass is 335 g/mol. The zero-order chi connectivity index (χ0) is 14.3. The van der Waals surface area contributed by atoms with Crippen LogP contribution in [-0.2, 0) is 0 Å². The van der Waals surface area contributed by atoms with Gasteiger partial charge in [0.05, 0.1) is 0 Å². The summed E-state index contributed by atoms with van der Waals surface area (Å²) in [5.74, 6) is 2.87. The summed E-state index contributed by atoms with van der Waals surface area (Å²) in [6.45, 7) is 1.08. The number of halogens is 1. The van der Waals surface area contributed by atoms with Gasteiger partial charge in [-0.15, -0.1) is 0 Å². The summed E-state index contributed by atoms with van der Waals surface area (Å²) < 4.78 is 1.04. The molecular weight excluding hydrogens is 314 g/mol. The predicted octanol–water partition coefficient (Wildman–Crippen LogP) is 3.61. The molecule has 20 heavy (non-hydrogen) atoms. The van der Waals surface area contributed by atoms with Gasteiger partial charge in [-0.1, -0.05) is 22.4 Å². The molecule has 3 rings (SSSR count). The molecule has 4 heteroatoms. The van der Waals surface area contributed by atoms with Gasteiger partial charge in [-0.3, -0.25) is 5.41 Å². The van der Waals surface area contributed by atoms with Gasteiger partial charge in [0.25, 0.3) is 0 Å². The van der Waals surface area contributed by atoms with Crippen LogP contribution in [0, 0.1) is 23.2 Å². The molecule has 1 aromatic carbocycles. The van der Waals surface area contributed by atoms with Crippen LogP contribution in [0.5, 0.6) is 0 Å². The highest BCUT2D eigenvalue weighted by molar-refractivity contribution is 9.10. The number of anilines is 1. The van der Waals surface area contributed by atoms with Crippen LogP contribution in [0.3, 0.4) is 0 Å². The van der Waals surface area contributed by atoms with Crippen molar-refractivity contribution in [2.75, 3.05) is 18.5 Å². The zero-order valence-electron chi connectivity index (χ0n) is 11.9. The molecule has 0 saturated heterocycles. The number of nitrogens with zero attached hydrogens (tertiary/aromatic N) is 1. The first-order valence-corrected chi connectivity index (χ1v) is 8.19. The minimum Gasteiger partial charge on any atom is -0.384 e. The molecular formula is C16H22BrN3. The smallest absolute Gasteiger partial charge is 0.124 e. The van der Waals surface area contributed by atoms with Gasteiger partial charge < -0.3 is 10.6 Å². The van der Waals surface area contributed by atoms with Crippen LogP contribution in [0.1, 0.15) is 31.2 Å². The number of rotatable bonds is 4. The van der Waals surface area contributed by atoms with E-state index >= 15 is 0 Å². The largest absolute Gasteiger partial charge is 0.384 e. The lowest BCUT2D eigenvalue weighted by atomic mass is 9.88. The molecule has 2 fully saturated rings. The van der Waals surface area contributed by atoms with E-state index in [0.29, 0.717) is 0 Å². The molecule has 108 valence electrons. The second kappa shape index (κ2) is 5.40. The maximum absolute atomic E-state index is 7.74. The second-order valence-corrected chi connectivity index (χ2v) is 7.31. The minimum absolute atomic E-state index is 0.146. The van der Waals surface area contributed by atoms with Gasteiger partial charge in [0.15, 0.2) is 0 Å². The Labute approximate surface area is 129 Å². The van der Waals surface area contributed by atoms with Crippen LogP contribution < -0.4 is 10.6 Å². The van der Waals surface area contributed by atoms with Gasteiger partial charge in [0.1, 0.15) is 5.84 Å². The summed E-state index contributed by atoms with van der Waals surface area (Å²) in [6, 6.07) is 5.95. The van der Waals surface area contributed by atoms with Gasteiger partial charge in [0, 0.05) is 29.3 Å². The molecule has 0 radical (unpaired) electrons. The summed E-state index contributed by atoms with van der Waals surface area (Å²) in [7, 11) is 2.13. The van der Waals surface area contributed by atoms with E-state index in [1.165, 1.54) is 25.7 Å². The predicted molar refractivity (Wildman–Crippen MR) is 87.4 cm³/mol. The molecule has 3 nitrogen and oxygen atoms in total. The Bertz CT molecular complexity index is 528. The van der Waals surface area contributed by atoms with E-state index in [9.17, 15) is 0 Å². The molecule has 0 spiro atoms.